The third kappa shape index (κ3) is 7.10. The predicted octanol–water partition coefficient (Wildman–Crippen LogP) is 4.42. The van der Waals surface area contributed by atoms with E-state index in [2.05, 4.69) is 19.9 Å². The first-order valence-electron chi connectivity index (χ1n) is 12.2. The summed E-state index contributed by atoms with van der Waals surface area (Å²) in [4.78, 5) is 15.2. The van der Waals surface area contributed by atoms with E-state index < -0.39 is 15.1 Å². The molecule has 1 aliphatic heterocycles. The smallest absolute Gasteiger partial charge is 0.225 e. The van der Waals surface area contributed by atoms with E-state index in [9.17, 15) is 8.42 Å². The van der Waals surface area contributed by atoms with Crippen LogP contribution in [-0.2, 0) is 21.1 Å². The summed E-state index contributed by atoms with van der Waals surface area (Å²) in [5, 5.41) is -0.689. The molecule has 10 heteroatoms. The second kappa shape index (κ2) is 12.4. The van der Waals surface area contributed by atoms with Crippen molar-refractivity contribution in [2.24, 2.45) is 0 Å². The molecule has 0 atom stereocenters. The lowest BCUT2D eigenvalue weighted by Gasteiger charge is -2.26. The number of hydrogen-bond donors (Lipinski definition) is 0. The molecule has 0 N–H and O–H groups in total. The fourth-order valence-electron chi connectivity index (χ4n) is 4.27. The highest BCUT2D eigenvalue weighted by Crippen LogP contribution is 2.26. The van der Waals surface area contributed by atoms with Gasteiger partial charge in [-0.25, -0.2) is 18.4 Å². The summed E-state index contributed by atoms with van der Waals surface area (Å²) in [5.74, 6) is 0.738. The average molecular weight is 500 g/mol. The SMILES string of the molecule is Cc1nc2nc(Cl)nc(S(=O)(=O)C(C)C)c2n1CCCCCCCCCCN1CCOCC1. The van der Waals surface area contributed by atoms with E-state index in [0.29, 0.717) is 17.7 Å². The van der Waals surface area contributed by atoms with E-state index in [1.165, 1.54) is 45.1 Å². The Bertz CT molecular complexity index is 1000. The number of rotatable bonds is 13. The molecular formula is C23H38ClN5O3S. The number of hydrogen-bond acceptors (Lipinski definition) is 7. The van der Waals surface area contributed by atoms with Crippen molar-refractivity contribution in [3.05, 3.63) is 11.1 Å². The minimum absolute atomic E-state index is 0.00909. The van der Waals surface area contributed by atoms with E-state index in [0.717, 1.165) is 45.0 Å². The van der Waals surface area contributed by atoms with Crippen molar-refractivity contribution in [3.8, 4) is 0 Å². The number of imidazole rings is 1. The van der Waals surface area contributed by atoms with Crippen LogP contribution in [0.5, 0.6) is 0 Å². The molecule has 0 aromatic carbocycles. The maximum absolute atomic E-state index is 12.9. The fourth-order valence-corrected chi connectivity index (χ4v) is 5.62. The Morgan fingerprint density at radius 3 is 2.09 bits per heavy atom. The molecule has 8 nitrogen and oxygen atoms in total. The number of halogens is 1. The molecule has 1 fully saturated rings. The number of aryl methyl sites for hydroxylation is 2. The van der Waals surface area contributed by atoms with E-state index in [-0.39, 0.29) is 10.3 Å². The van der Waals surface area contributed by atoms with Crippen LogP contribution in [-0.4, -0.2) is 70.9 Å². The number of fused-ring (bicyclic) bond motifs is 1. The minimum Gasteiger partial charge on any atom is -0.379 e. The van der Waals surface area contributed by atoms with Gasteiger partial charge in [0, 0.05) is 19.6 Å². The van der Waals surface area contributed by atoms with E-state index in [1.54, 1.807) is 13.8 Å². The zero-order chi connectivity index (χ0) is 23.8. The molecule has 0 spiro atoms. The molecule has 0 saturated carbocycles. The zero-order valence-electron chi connectivity index (χ0n) is 20.2. The van der Waals surface area contributed by atoms with Crippen LogP contribution in [0.4, 0.5) is 0 Å². The highest BCUT2D eigenvalue weighted by molar-refractivity contribution is 7.92. The van der Waals surface area contributed by atoms with E-state index in [4.69, 9.17) is 16.3 Å². The van der Waals surface area contributed by atoms with Crippen LogP contribution in [0.15, 0.2) is 5.03 Å². The molecule has 0 radical (unpaired) electrons. The number of sulfone groups is 1. The van der Waals surface area contributed by atoms with Gasteiger partial charge in [0.15, 0.2) is 20.5 Å². The molecule has 1 aliphatic rings. The minimum atomic E-state index is -3.60. The topological polar surface area (TPSA) is 90.2 Å². The number of nitrogens with zero attached hydrogens (tertiary/aromatic N) is 5. The number of aromatic nitrogens is 4. The Kier molecular flexibility index (Phi) is 9.91. The third-order valence-electron chi connectivity index (χ3n) is 6.33. The standard InChI is InChI=1S/C23H38ClN5O3S/c1-18(2)33(30,31)22-20-21(26-23(24)27-22)25-19(3)29(20)13-11-9-7-5-4-6-8-10-12-28-14-16-32-17-15-28/h18H,4-17H2,1-3H3. The summed E-state index contributed by atoms with van der Waals surface area (Å²) < 4.78 is 33.1. The summed E-state index contributed by atoms with van der Waals surface area (Å²) in [5.41, 5.74) is 0.828. The maximum Gasteiger partial charge on any atom is 0.225 e. The van der Waals surface area contributed by atoms with Crippen molar-refractivity contribution in [1.82, 2.24) is 24.4 Å². The molecule has 0 aliphatic carbocycles. The van der Waals surface area contributed by atoms with Crippen molar-refractivity contribution in [1.29, 1.82) is 0 Å². The lowest BCUT2D eigenvalue weighted by Crippen LogP contribution is -2.36. The van der Waals surface area contributed by atoms with Gasteiger partial charge in [0.05, 0.1) is 18.5 Å². The largest absolute Gasteiger partial charge is 0.379 e. The second-order valence-corrected chi connectivity index (χ2v) is 11.9. The Hall–Kier alpha value is -1.29. The molecule has 0 unspecified atom stereocenters. The van der Waals surface area contributed by atoms with Crippen LogP contribution >= 0.6 is 11.6 Å². The van der Waals surface area contributed by atoms with Crippen LogP contribution in [0.2, 0.25) is 5.28 Å². The van der Waals surface area contributed by atoms with Crippen molar-refractivity contribution < 1.29 is 13.2 Å². The van der Waals surface area contributed by atoms with Gasteiger partial charge in [0.1, 0.15) is 11.3 Å². The molecule has 2 aromatic heterocycles. The van der Waals surface area contributed by atoms with Gasteiger partial charge >= 0.3 is 0 Å². The highest BCUT2D eigenvalue weighted by atomic mass is 35.5. The lowest BCUT2D eigenvalue weighted by molar-refractivity contribution is 0.0371. The first kappa shape index (κ1) is 26.3. The summed E-state index contributed by atoms with van der Waals surface area (Å²) in [6.45, 7) is 11.0. The average Bonchev–Trinajstić information content (AvgIpc) is 3.09. The molecule has 0 amide bonds. The van der Waals surface area contributed by atoms with Gasteiger partial charge in [-0.15, -0.1) is 0 Å². The van der Waals surface area contributed by atoms with Crippen LogP contribution in [0.25, 0.3) is 11.2 Å². The number of morpholine rings is 1. The van der Waals surface area contributed by atoms with Gasteiger partial charge in [-0.3, -0.25) is 4.90 Å². The van der Waals surface area contributed by atoms with E-state index in [1.807, 2.05) is 11.5 Å². The second-order valence-electron chi connectivity index (χ2n) is 9.16. The van der Waals surface area contributed by atoms with Gasteiger partial charge < -0.3 is 9.30 Å². The summed E-state index contributed by atoms with van der Waals surface area (Å²) >= 11 is 6.00. The Labute approximate surface area is 203 Å². The van der Waals surface area contributed by atoms with Crippen molar-refractivity contribution in [2.75, 3.05) is 32.8 Å². The molecule has 33 heavy (non-hydrogen) atoms. The monoisotopic (exact) mass is 499 g/mol. The van der Waals surface area contributed by atoms with Gasteiger partial charge in [0.25, 0.3) is 0 Å². The van der Waals surface area contributed by atoms with Crippen molar-refractivity contribution in [3.63, 3.8) is 0 Å². The van der Waals surface area contributed by atoms with Crippen molar-refractivity contribution >= 4 is 32.6 Å². The third-order valence-corrected chi connectivity index (χ3v) is 8.57. The molecule has 186 valence electrons. The Morgan fingerprint density at radius 2 is 1.48 bits per heavy atom. The summed E-state index contributed by atoms with van der Waals surface area (Å²) in [6, 6.07) is 0. The molecule has 0 bridgehead atoms. The first-order chi connectivity index (χ1) is 15.8. The lowest BCUT2D eigenvalue weighted by atomic mass is 10.1. The van der Waals surface area contributed by atoms with Gasteiger partial charge in [-0.05, 0) is 51.8 Å². The van der Waals surface area contributed by atoms with Gasteiger partial charge in [-0.2, -0.15) is 4.98 Å². The van der Waals surface area contributed by atoms with Crippen LogP contribution in [0.3, 0.4) is 0 Å². The highest BCUT2D eigenvalue weighted by Gasteiger charge is 2.28. The van der Waals surface area contributed by atoms with Crippen molar-refractivity contribution in [2.45, 2.75) is 89.0 Å². The maximum atomic E-state index is 12.9. The van der Waals surface area contributed by atoms with Crippen LogP contribution in [0, 0.1) is 6.92 Å². The van der Waals surface area contributed by atoms with E-state index >= 15 is 0 Å². The van der Waals surface area contributed by atoms with Crippen LogP contribution < -0.4 is 0 Å². The molecule has 1 saturated heterocycles. The molecular weight excluding hydrogens is 462 g/mol. The first-order valence-corrected chi connectivity index (χ1v) is 14.2. The molecule has 3 heterocycles. The molecule has 3 rings (SSSR count). The number of unbranched alkanes of at least 4 members (excludes halogenated alkanes) is 7. The normalized spacial score (nSPS) is 15.7. The summed E-state index contributed by atoms with van der Waals surface area (Å²) in [6.07, 6.45) is 9.65. The fraction of sp³-hybridized carbons (Fsp3) is 0.783. The van der Waals surface area contributed by atoms with Gasteiger partial charge in [0.2, 0.25) is 5.28 Å². The summed E-state index contributed by atoms with van der Waals surface area (Å²) in [7, 11) is -3.60. The van der Waals surface area contributed by atoms with Crippen LogP contribution in [0.1, 0.15) is 71.0 Å². The Balaban J connectivity index is 1.43. The predicted molar refractivity (Wildman–Crippen MR) is 132 cm³/mol. The number of ether oxygens (including phenoxy) is 1. The van der Waals surface area contributed by atoms with Gasteiger partial charge in [-0.1, -0.05) is 38.5 Å². The quantitative estimate of drug-likeness (QED) is 0.229. The zero-order valence-corrected chi connectivity index (χ0v) is 21.8. The molecule has 2 aromatic rings. The Morgan fingerprint density at radius 1 is 0.909 bits per heavy atom.